The van der Waals surface area contributed by atoms with E-state index in [1.165, 1.54) is 11.1 Å². The largest absolute Gasteiger partial charge is 0.512 e. The Bertz CT molecular complexity index is 231. The first-order valence-corrected chi connectivity index (χ1v) is 3.98. The number of allylic oxidation sites excluding steroid dienone is 5. The minimum atomic E-state index is 0.468. The standard InChI is InChI=1S/C10H14O/c1-3-9-6-8(2)4-5-10(11)7-9/h4-6,11H,3,7H2,1-2H3. The fourth-order valence-corrected chi connectivity index (χ4v) is 1.17. The van der Waals surface area contributed by atoms with Crippen LogP contribution in [0.25, 0.3) is 0 Å². The predicted molar refractivity (Wildman–Crippen MR) is 47.5 cm³/mol. The first-order chi connectivity index (χ1) is 5.22. The van der Waals surface area contributed by atoms with Gasteiger partial charge in [0.05, 0.1) is 5.76 Å². The Morgan fingerprint density at radius 2 is 2.18 bits per heavy atom. The minimum absolute atomic E-state index is 0.468. The Morgan fingerprint density at radius 3 is 2.82 bits per heavy atom. The lowest BCUT2D eigenvalue weighted by Gasteiger charge is -2.00. The molecule has 0 aromatic carbocycles. The van der Waals surface area contributed by atoms with Crippen LogP contribution in [0.1, 0.15) is 26.7 Å². The third kappa shape index (κ3) is 2.26. The second-order valence-corrected chi connectivity index (χ2v) is 2.90. The number of hydrogen-bond acceptors (Lipinski definition) is 1. The van der Waals surface area contributed by atoms with E-state index in [-0.39, 0.29) is 0 Å². The number of hydrogen-bond donors (Lipinski definition) is 1. The molecule has 0 fully saturated rings. The van der Waals surface area contributed by atoms with Crippen LogP contribution in [0.3, 0.4) is 0 Å². The van der Waals surface area contributed by atoms with E-state index in [1.54, 1.807) is 6.08 Å². The number of rotatable bonds is 1. The fraction of sp³-hybridized carbons (Fsp3) is 0.400. The van der Waals surface area contributed by atoms with Crippen molar-refractivity contribution in [2.45, 2.75) is 26.7 Å². The van der Waals surface area contributed by atoms with Crippen LogP contribution in [0, 0.1) is 0 Å². The molecular weight excluding hydrogens is 136 g/mol. The summed E-state index contributed by atoms with van der Waals surface area (Å²) in [4.78, 5) is 0. The molecule has 0 saturated heterocycles. The second-order valence-electron chi connectivity index (χ2n) is 2.90. The summed E-state index contributed by atoms with van der Waals surface area (Å²) in [6, 6.07) is 0. The molecule has 0 heterocycles. The molecule has 1 aliphatic carbocycles. The normalized spacial score (nSPS) is 18.2. The van der Waals surface area contributed by atoms with Gasteiger partial charge < -0.3 is 5.11 Å². The van der Waals surface area contributed by atoms with Gasteiger partial charge in [0.25, 0.3) is 0 Å². The molecule has 0 bridgehead atoms. The lowest BCUT2D eigenvalue weighted by Crippen LogP contribution is -1.84. The Morgan fingerprint density at radius 1 is 1.45 bits per heavy atom. The van der Waals surface area contributed by atoms with E-state index >= 15 is 0 Å². The fourth-order valence-electron chi connectivity index (χ4n) is 1.17. The lowest BCUT2D eigenvalue weighted by atomic mass is 10.1. The van der Waals surface area contributed by atoms with Crippen molar-refractivity contribution in [2.75, 3.05) is 0 Å². The van der Waals surface area contributed by atoms with Crippen LogP contribution >= 0.6 is 0 Å². The van der Waals surface area contributed by atoms with Crippen molar-refractivity contribution in [3.05, 3.63) is 35.1 Å². The van der Waals surface area contributed by atoms with E-state index in [0.29, 0.717) is 12.2 Å². The van der Waals surface area contributed by atoms with Crippen LogP contribution in [0.4, 0.5) is 0 Å². The molecule has 0 aromatic heterocycles. The lowest BCUT2D eigenvalue weighted by molar-refractivity contribution is 0.397. The van der Waals surface area contributed by atoms with Crippen molar-refractivity contribution in [1.82, 2.24) is 0 Å². The highest BCUT2D eigenvalue weighted by Crippen LogP contribution is 2.18. The van der Waals surface area contributed by atoms with Gasteiger partial charge in [-0.25, -0.2) is 0 Å². The Labute approximate surface area is 67.7 Å². The molecule has 0 amide bonds. The van der Waals surface area contributed by atoms with Crippen molar-refractivity contribution in [1.29, 1.82) is 0 Å². The average molecular weight is 150 g/mol. The molecule has 1 nitrogen and oxygen atoms in total. The summed E-state index contributed by atoms with van der Waals surface area (Å²) in [6.07, 6.45) is 7.58. The summed E-state index contributed by atoms with van der Waals surface area (Å²) < 4.78 is 0. The first-order valence-electron chi connectivity index (χ1n) is 3.98. The van der Waals surface area contributed by atoms with Gasteiger partial charge in [0.15, 0.2) is 0 Å². The second kappa shape index (κ2) is 3.42. The van der Waals surface area contributed by atoms with E-state index in [0.717, 1.165) is 6.42 Å². The summed E-state index contributed by atoms with van der Waals surface area (Å²) in [7, 11) is 0. The maximum Gasteiger partial charge on any atom is 0.0963 e. The molecule has 1 aliphatic rings. The van der Waals surface area contributed by atoms with Gasteiger partial charge in [-0.1, -0.05) is 30.2 Å². The number of aliphatic hydroxyl groups is 1. The third-order valence-electron chi connectivity index (χ3n) is 1.83. The van der Waals surface area contributed by atoms with Crippen molar-refractivity contribution in [3.63, 3.8) is 0 Å². The van der Waals surface area contributed by atoms with Gasteiger partial charge in [-0.2, -0.15) is 0 Å². The molecule has 0 aromatic rings. The maximum atomic E-state index is 9.28. The van der Waals surface area contributed by atoms with Crippen molar-refractivity contribution in [3.8, 4) is 0 Å². The predicted octanol–water partition coefficient (Wildman–Crippen LogP) is 3.11. The topological polar surface area (TPSA) is 20.2 Å². The first kappa shape index (κ1) is 8.12. The summed E-state index contributed by atoms with van der Waals surface area (Å²) in [5, 5.41) is 9.28. The van der Waals surface area contributed by atoms with E-state index in [4.69, 9.17) is 0 Å². The molecule has 60 valence electrons. The molecule has 0 saturated carbocycles. The molecular formula is C10H14O. The molecule has 1 rings (SSSR count). The molecule has 0 unspecified atom stereocenters. The van der Waals surface area contributed by atoms with Gasteiger partial charge in [-0.3, -0.25) is 0 Å². The van der Waals surface area contributed by atoms with E-state index in [2.05, 4.69) is 13.0 Å². The van der Waals surface area contributed by atoms with Crippen LogP contribution in [0.2, 0.25) is 0 Å². The summed E-state index contributed by atoms with van der Waals surface area (Å²) in [5.41, 5.74) is 2.51. The maximum absolute atomic E-state index is 9.28. The zero-order valence-corrected chi connectivity index (χ0v) is 7.09. The quantitative estimate of drug-likeness (QED) is 0.609. The van der Waals surface area contributed by atoms with Gasteiger partial charge >= 0.3 is 0 Å². The van der Waals surface area contributed by atoms with E-state index in [9.17, 15) is 5.11 Å². The smallest absolute Gasteiger partial charge is 0.0963 e. The van der Waals surface area contributed by atoms with E-state index in [1.807, 2.05) is 13.0 Å². The number of aliphatic hydroxyl groups excluding tert-OH is 1. The highest BCUT2D eigenvalue weighted by Gasteiger charge is 2.01. The van der Waals surface area contributed by atoms with Crippen LogP contribution in [-0.2, 0) is 0 Å². The third-order valence-corrected chi connectivity index (χ3v) is 1.83. The monoisotopic (exact) mass is 150 g/mol. The average Bonchev–Trinajstić information content (AvgIpc) is 2.13. The van der Waals surface area contributed by atoms with Crippen LogP contribution in [0.15, 0.2) is 35.1 Å². The highest BCUT2D eigenvalue weighted by atomic mass is 16.3. The van der Waals surface area contributed by atoms with Crippen LogP contribution in [-0.4, -0.2) is 5.11 Å². The highest BCUT2D eigenvalue weighted by molar-refractivity contribution is 5.31. The van der Waals surface area contributed by atoms with Crippen molar-refractivity contribution >= 4 is 0 Å². The Kier molecular flexibility index (Phi) is 2.53. The van der Waals surface area contributed by atoms with Gasteiger partial charge in [0, 0.05) is 6.42 Å². The molecule has 11 heavy (non-hydrogen) atoms. The van der Waals surface area contributed by atoms with Gasteiger partial charge in [-0.05, 0) is 19.4 Å². The SMILES string of the molecule is CCC1=CC(C)=CC=C(O)C1. The van der Waals surface area contributed by atoms with Gasteiger partial charge in [0.1, 0.15) is 0 Å². The van der Waals surface area contributed by atoms with Gasteiger partial charge in [-0.15, -0.1) is 0 Å². The van der Waals surface area contributed by atoms with Crippen molar-refractivity contribution < 1.29 is 5.11 Å². The molecule has 1 N–H and O–H groups in total. The zero-order valence-electron chi connectivity index (χ0n) is 7.09. The van der Waals surface area contributed by atoms with Crippen molar-refractivity contribution in [2.24, 2.45) is 0 Å². The van der Waals surface area contributed by atoms with Crippen LogP contribution in [0.5, 0.6) is 0 Å². The van der Waals surface area contributed by atoms with Crippen LogP contribution < -0.4 is 0 Å². The molecule has 0 radical (unpaired) electrons. The zero-order chi connectivity index (χ0) is 8.27. The summed E-state index contributed by atoms with van der Waals surface area (Å²) in [6.45, 7) is 4.16. The van der Waals surface area contributed by atoms with Gasteiger partial charge in [0.2, 0.25) is 0 Å². The summed E-state index contributed by atoms with van der Waals surface area (Å²) in [5.74, 6) is 0.468. The molecule has 0 atom stereocenters. The summed E-state index contributed by atoms with van der Waals surface area (Å²) >= 11 is 0. The molecule has 1 heteroatoms. The Balaban J connectivity index is 2.86. The minimum Gasteiger partial charge on any atom is -0.512 e. The van der Waals surface area contributed by atoms with E-state index < -0.39 is 0 Å². The Hall–Kier alpha value is -0.980. The molecule has 0 aliphatic heterocycles. The molecule has 0 spiro atoms.